The van der Waals surface area contributed by atoms with Crippen LogP contribution in [-0.4, -0.2) is 26.2 Å². The first kappa shape index (κ1) is 22.0. The van der Waals surface area contributed by atoms with Crippen molar-refractivity contribution < 1.29 is 19.0 Å². The monoisotopic (exact) mass is 451 g/mol. The Balaban J connectivity index is 1.92. The highest BCUT2D eigenvalue weighted by Gasteiger charge is 2.36. The van der Waals surface area contributed by atoms with Gasteiger partial charge in [0.15, 0.2) is 11.5 Å². The molecule has 1 heterocycles. The van der Waals surface area contributed by atoms with Gasteiger partial charge in [-0.05, 0) is 73.0 Å². The molecule has 1 amide bonds. The highest BCUT2D eigenvalue weighted by molar-refractivity contribution is 6.31. The third-order valence-electron chi connectivity index (χ3n) is 5.52. The molecule has 1 aliphatic heterocycles. The van der Waals surface area contributed by atoms with Crippen LogP contribution in [0.4, 0.5) is 5.69 Å². The SMILES string of the molecule is CCOc1cc2c(cc1OCC)C(c1ccccc1Cl)N(c1ccc(OC)cc1)C(=O)C2. The molecule has 0 aliphatic carbocycles. The third-order valence-corrected chi connectivity index (χ3v) is 5.86. The molecule has 0 bridgehead atoms. The average molecular weight is 452 g/mol. The molecule has 166 valence electrons. The number of hydrogen-bond acceptors (Lipinski definition) is 4. The molecule has 4 rings (SSSR count). The van der Waals surface area contributed by atoms with Gasteiger partial charge in [0.25, 0.3) is 0 Å². The van der Waals surface area contributed by atoms with Crippen molar-refractivity contribution >= 4 is 23.2 Å². The summed E-state index contributed by atoms with van der Waals surface area (Å²) in [6.07, 6.45) is 0.259. The predicted octanol–water partition coefficient (Wildman–Crippen LogP) is 5.82. The molecule has 0 saturated carbocycles. The van der Waals surface area contributed by atoms with Gasteiger partial charge in [-0.15, -0.1) is 0 Å². The fraction of sp³-hybridized carbons (Fsp3) is 0.269. The van der Waals surface area contributed by atoms with Crippen LogP contribution in [0.1, 0.15) is 36.6 Å². The van der Waals surface area contributed by atoms with Crippen molar-refractivity contribution in [3.63, 3.8) is 0 Å². The molecule has 3 aromatic rings. The van der Waals surface area contributed by atoms with Gasteiger partial charge in [0.1, 0.15) is 5.75 Å². The third kappa shape index (κ3) is 4.13. The minimum atomic E-state index is -0.400. The van der Waals surface area contributed by atoms with Gasteiger partial charge in [-0.25, -0.2) is 0 Å². The zero-order valence-corrected chi connectivity index (χ0v) is 19.2. The molecule has 5 nitrogen and oxygen atoms in total. The van der Waals surface area contributed by atoms with E-state index >= 15 is 0 Å². The van der Waals surface area contributed by atoms with E-state index in [1.807, 2.05) is 74.5 Å². The Morgan fingerprint density at radius 1 is 0.938 bits per heavy atom. The van der Waals surface area contributed by atoms with Crippen molar-refractivity contribution in [3.05, 3.63) is 82.4 Å². The summed E-state index contributed by atoms with van der Waals surface area (Å²) < 4.78 is 17.0. The van der Waals surface area contributed by atoms with Gasteiger partial charge < -0.3 is 19.1 Å². The van der Waals surface area contributed by atoms with E-state index in [1.165, 1.54) is 0 Å². The first-order chi connectivity index (χ1) is 15.6. The van der Waals surface area contributed by atoms with Crippen LogP contribution in [-0.2, 0) is 11.2 Å². The van der Waals surface area contributed by atoms with Crippen molar-refractivity contribution in [2.45, 2.75) is 26.3 Å². The second-order valence-electron chi connectivity index (χ2n) is 7.43. The summed E-state index contributed by atoms with van der Waals surface area (Å²) in [5.74, 6) is 2.03. The molecule has 0 radical (unpaired) electrons. The van der Waals surface area contributed by atoms with Gasteiger partial charge in [-0.2, -0.15) is 0 Å². The molecule has 3 aromatic carbocycles. The quantitative estimate of drug-likeness (QED) is 0.453. The van der Waals surface area contributed by atoms with Crippen LogP contribution < -0.4 is 19.1 Å². The highest BCUT2D eigenvalue weighted by atomic mass is 35.5. The van der Waals surface area contributed by atoms with Gasteiger partial charge in [-0.3, -0.25) is 4.79 Å². The number of amides is 1. The Bertz CT molecular complexity index is 1110. The lowest BCUT2D eigenvalue weighted by Crippen LogP contribution is -2.41. The van der Waals surface area contributed by atoms with E-state index in [2.05, 4.69) is 0 Å². The van der Waals surface area contributed by atoms with Gasteiger partial charge in [0, 0.05) is 10.7 Å². The lowest BCUT2D eigenvalue weighted by atomic mass is 9.86. The first-order valence-electron chi connectivity index (χ1n) is 10.7. The Morgan fingerprint density at radius 2 is 1.59 bits per heavy atom. The minimum absolute atomic E-state index is 0.0146. The summed E-state index contributed by atoms with van der Waals surface area (Å²) >= 11 is 6.64. The minimum Gasteiger partial charge on any atom is -0.497 e. The van der Waals surface area contributed by atoms with Crippen LogP contribution in [0.2, 0.25) is 5.02 Å². The van der Waals surface area contributed by atoms with Crippen molar-refractivity contribution in [3.8, 4) is 17.2 Å². The number of carbonyl (C=O) groups is 1. The second kappa shape index (κ2) is 9.53. The van der Waals surface area contributed by atoms with Crippen molar-refractivity contribution in [1.29, 1.82) is 0 Å². The summed E-state index contributed by atoms with van der Waals surface area (Å²) in [6.45, 7) is 4.89. The predicted molar refractivity (Wildman–Crippen MR) is 126 cm³/mol. The number of anilines is 1. The van der Waals surface area contributed by atoms with Crippen molar-refractivity contribution in [1.82, 2.24) is 0 Å². The number of halogens is 1. The van der Waals surface area contributed by atoms with E-state index < -0.39 is 6.04 Å². The summed E-state index contributed by atoms with van der Waals surface area (Å²) in [5, 5.41) is 0.600. The van der Waals surface area contributed by atoms with Crippen LogP contribution in [0.15, 0.2) is 60.7 Å². The van der Waals surface area contributed by atoms with Gasteiger partial charge in [0.05, 0.1) is 32.8 Å². The van der Waals surface area contributed by atoms with E-state index in [9.17, 15) is 4.79 Å². The number of hydrogen-bond donors (Lipinski definition) is 0. The summed E-state index contributed by atoms with van der Waals surface area (Å²) in [6, 6.07) is 18.6. The van der Waals surface area contributed by atoms with Crippen LogP contribution in [0, 0.1) is 0 Å². The lowest BCUT2D eigenvalue weighted by molar-refractivity contribution is -0.118. The standard InChI is InChI=1S/C26H26ClNO4/c1-4-31-23-14-17-15-25(29)28(18-10-12-19(30-3)13-11-18)26(20-8-6-7-9-22(20)27)21(17)16-24(23)32-5-2/h6-14,16,26H,4-5,15H2,1-3H3. The number of benzene rings is 3. The van der Waals surface area contributed by atoms with Gasteiger partial charge >= 0.3 is 0 Å². The Hall–Kier alpha value is -3.18. The van der Waals surface area contributed by atoms with E-state index in [0.29, 0.717) is 29.7 Å². The maximum Gasteiger partial charge on any atom is 0.232 e. The molecule has 0 spiro atoms. The molecule has 1 unspecified atom stereocenters. The summed E-state index contributed by atoms with van der Waals surface area (Å²) in [5.41, 5.74) is 3.51. The molecule has 0 saturated heterocycles. The van der Waals surface area contributed by atoms with Crippen LogP contribution in [0.3, 0.4) is 0 Å². The first-order valence-corrected chi connectivity index (χ1v) is 11.1. The maximum atomic E-state index is 13.5. The highest BCUT2D eigenvalue weighted by Crippen LogP contribution is 2.45. The maximum absolute atomic E-state index is 13.5. The van der Waals surface area contributed by atoms with Crippen molar-refractivity contribution in [2.75, 3.05) is 25.2 Å². The summed E-state index contributed by atoms with van der Waals surface area (Å²) in [7, 11) is 1.62. The Morgan fingerprint density at radius 3 is 2.22 bits per heavy atom. The second-order valence-corrected chi connectivity index (χ2v) is 7.83. The largest absolute Gasteiger partial charge is 0.497 e. The number of methoxy groups -OCH3 is 1. The van der Waals surface area contributed by atoms with Crippen LogP contribution in [0.5, 0.6) is 17.2 Å². The topological polar surface area (TPSA) is 48.0 Å². The molecule has 32 heavy (non-hydrogen) atoms. The molecule has 0 aromatic heterocycles. The number of rotatable bonds is 7. The molecule has 6 heteroatoms. The average Bonchev–Trinajstić information content (AvgIpc) is 2.80. The zero-order valence-electron chi connectivity index (χ0n) is 18.4. The van der Waals surface area contributed by atoms with Gasteiger partial charge in [-0.1, -0.05) is 29.8 Å². The molecule has 1 atom stereocenters. The number of ether oxygens (including phenoxy) is 3. The number of carbonyl (C=O) groups excluding carboxylic acids is 1. The van der Waals surface area contributed by atoms with Crippen LogP contribution >= 0.6 is 11.6 Å². The molecular weight excluding hydrogens is 426 g/mol. The van der Waals surface area contributed by atoms with E-state index in [4.69, 9.17) is 25.8 Å². The van der Waals surface area contributed by atoms with E-state index in [-0.39, 0.29) is 12.3 Å². The van der Waals surface area contributed by atoms with Crippen LogP contribution in [0.25, 0.3) is 0 Å². The molecule has 1 aliphatic rings. The number of nitrogens with zero attached hydrogens (tertiary/aromatic N) is 1. The fourth-order valence-electron chi connectivity index (χ4n) is 4.13. The smallest absolute Gasteiger partial charge is 0.232 e. The summed E-state index contributed by atoms with van der Waals surface area (Å²) in [4.78, 5) is 15.3. The Kier molecular flexibility index (Phi) is 6.56. The molecular formula is C26H26ClNO4. The van der Waals surface area contributed by atoms with E-state index in [1.54, 1.807) is 12.0 Å². The molecule has 0 fully saturated rings. The fourth-order valence-corrected chi connectivity index (χ4v) is 4.37. The molecule has 0 N–H and O–H groups in total. The van der Waals surface area contributed by atoms with E-state index in [0.717, 1.165) is 28.1 Å². The lowest BCUT2D eigenvalue weighted by Gasteiger charge is -2.38. The van der Waals surface area contributed by atoms with Crippen molar-refractivity contribution in [2.24, 2.45) is 0 Å². The van der Waals surface area contributed by atoms with Gasteiger partial charge in [0.2, 0.25) is 5.91 Å². The number of fused-ring (bicyclic) bond motifs is 1. The Labute approximate surface area is 193 Å². The zero-order chi connectivity index (χ0) is 22.7. The normalized spacial score (nSPS) is 15.3.